The number of carboxylic acids is 2. The van der Waals surface area contributed by atoms with Gasteiger partial charge < -0.3 is 15.9 Å². The Labute approximate surface area is 74.0 Å². The maximum absolute atomic E-state index is 9.99. The number of hydrogen-bond acceptors (Lipinski definition) is 3. The van der Waals surface area contributed by atoms with Crippen LogP contribution in [0.4, 0.5) is 0 Å². The number of carboxylic acid groups (broad SMARTS) is 2. The minimum atomic E-state index is -1.17. The molecule has 0 amide bonds. The molecular weight excluding hydrogens is 194 g/mol. The number of hydrogen-bond donors (Lipinski definition) is 3. The minimum Gasteiger partial charge on any atom is -0.481 e. The zero-order valence-corrected chi connectivity index (χ0v) is 6.74. The molecule has 0 rings (SSSR count). The summed E-state index contributed by atoms with van der Waals surface area (Å²) in [4.78, 5) is 19.9. The third-order valence-electron chi connectivity index (χ3n) is 0.986. The van der Waals surface area contributed by atoms with E-state index in [-0.39, 0.29) is 29.9 Å². The zero-order valence-electron chi connectivity index (χ0n) is 5.63. The molecule has 0 saturated carbocycles. The molecule has 0 spiro atoms. The van der Waals surface area contributed by atoms with Gasteiger partial charge in [0.2, 0.25) is 0 Å². The summed E-state index contributed by atoms with van der Waals surface area (Å²) in [6.07, 6.45) is -0.224. The van der Waals surface area contributed by atoms with Crippen molar-refractivity contribution in [2.45, 2.75) is 18.9 Å². The first-order chi connectivity index (χ1) is 4.54. The quantitative estimate of drug-likeness (QED) is 0.522. The summed E-state index contributed by atoms with van der Waals surface area (Å²) >= 11 is 0. The number of nitrogens with two attached hydrogens (primary N) is 1. The van der Waals surface area contributed by atoms with Crippen LogP contribution in [0.1, 0.15) is 12.8 Å². The average molecular weight is 203 g/mol. The van der Waals surface area contributed by atoms with Crippen molar-refractivity contribution >= 4 is 11.9 Å². The van der Waals surface area contributed by atoms with E-state index in [1.165, 1.54) is 0 Å². The predicted molar refractivity (Wildman–Crippen MR) is 32.5 cm³/mol. The Morgan fingerprint density at radius 1 is 1.36 bits per heavy atom. The van der Waals surface area contributed by atoms with Crippen LogP contribution in [0.25, 0.3) is 0 Å². The van der Waals surface area contributed by atoms with E-state index in [9.17, 15) is 9.59 Å². The number of aliphatic carboxylic acids is 2. The maximum Gasteiger partial charge on any atom is 0.320 e. The van der Waals surface area contributed by atoms with Crippen LogP contribution >= 0.6 is 0 Å². The zero-order chi connectivity index (χ0) is 8.15. The first-order valence-corrected chi connectivity index (χ1v) is 2.74. The second-order valence-electron chi connectivity index (χ2n) is 1.88. The number of carbonyl (C=O) groups is 2. The SMILES string of the molecule is N[C@@H](CCC(=O)O)C(=O)O.[Fe]. The van der Waals surface area contributed by atoms with E-state index in [1.54, 1.807) is 0 Å². The molecule has 0 saturated heterocycles. The largest absolute Gasteiger partial charge is 0.481 e. The van der Waals surface area contributed by atoms with Gasteiger partial charge >= 0.3 is 11.9 Å². The normalized spacial score (nSPS) is 11.4. The van der Waals surface area contributed by atoms with Gasteiger partial charge in [0, 0.05) is 23.5 Å². The second-order valence-corrected chi connectivity index (χ2v) is 1.88. The van der Waals surface area contributed by atoms with Crippen molar-refractivity contribution in [1.29, 1.82) is 0 Å². The smallest absolute Gasteiger partial charge is 0.320 e. The van der Waals surface area contributed by atoms with Crippen molar-refractivity contribution in [3.8, 4) is 0 Å². The Morgan fingerprint density at radius 2 is 1.82 bits per heavy atom. The Morgan fingerprint density at radius 3 is 2.09 bits per heavy atom. The fourth-order valence-corrected chi connectivity index (χ4v) is 0.402. The Kier molecular flexibility index (Phi) is 7.29. The van der Waals surface area contributed by atoms with Gasteiger partial charge in [-0.15, -0.1) is 0 Å². The summed E-state index contributed by atoms with van der Waals surface area (Å²) in [5.41, 5.74) is 5.00. The van der Waals surface area contributed by atoms with Crippen LogP contribution in [-0.4, -0.2) is 28.2 Å². The summed E-state index contributed by atoms with van der Waals surface area (Å²) in [5, 5.41) is 16.3. The molecule has 4 N–H and O–H groups in total. The molecule has 6 heteroatoms. The van der Waals surface area contributed by atoms with E-state index in [4.69, 9.17) is 15.9 Å². The summed E-state index contributed by atoms with van der Waals surface area (Å²) in [7, 11) is 0. The van der Waals surface area contributed by atoms with Crippen molar-refractivity contribution in [1.82, 2.24) is 0 Å². The van der Waals surface area contributed by atoms with Crippen LogP contribution in [0.2, 0.25) is 0 Å². The van der Waals surface area contributed by atoms with Gasteiger partial charge in [0.15, 0.2) is 0 Å². The van der Waals surface area contributed by atoms with Crippen molar-refractivity contribution in [2.24, 2.45) is 5.73 Å². The first-order valence-electron chi connectivity index (χ1n) is 2.74. The monoisotopic (exact) mass is 203 g/mol. The van der Waals surface area contributed by atoms with Crippen molar-refractivity contribution in [2.75, 3.05) is 0 Å². The first kappa shape index (κ1) is 13.0. The Balaban J connectivity index is 0. The molecule has 0 aromatic heterocycles. The van der Waals surface area contributed by atoms with Crippen molar-refractivity contribution < 1.29 is 36.9 Å². The molecule has 11 heavy (non-hydrogen) atoms. The standard InChI is InChI=1S/C5H9NO4.Fe/c6-3(5(9)10)1-2-4(7)8;/h3H,1-2,6H2,(H,7,8)(H,9,10);/t3-;/m0./s1. The molecule has 1 atom stereocenters. The molecule has 0 aromatic rings. The predicted octanol–water partition coefficient (Wildman–Crippen LogP) is -0.739. The maximum atomic E-state index is 9.99. The molecule has 5 nitrogen and oxygen atoms in total. The van der Waals surface area contributed by atoms with Crippen LogP contribution < -0.4 is 5.73 Å². The van der Waals surface area contributed by atoms with Crippen molar-refractivity contribution in [3.63, 3.8) is 0 Å². The van der Waals surface area contributed by atoms with Gasteiger partial charge in [-0.05, 0) is 6.42 Å². The molecular formula is C5H9FeNO4. The molecule has 0 heterocycles. The molecule has 0 aromatic carbocycles. The molecule has 0 bridgehead atoms. The summed E-state index contributed by atoms with van der Waals surface area (Å²) in [6.45, 7) is 0. The van der Waals surface area contributed by atoms with E-state index >= 15 is 0 Å². The summed E-state index contributed by atoms with van der Waals surface area (Å²) in [6, 6.07) is -1.06. The molecule has 0 radical (unpaired) electrons. The van der Waals surface area contributed by atoms with Gasteiger partial charge in [0.25, 0.3) is 0 Å². The molecule has 0 aliphatic heterocycles. The number of rotatable bonds is 4. The second kappa shape index (κ2) is 6.15. The van der Waals surface area contributed by atoms with Crippen LogP contribution in [0.15, 0.2) is 0 Å². The Bertz CT molecular complexity index is 149. The van der Waals surface area contributed by atoms with E-state index in [0.29, 0.717) is 0 Å². The average Bonchev–Trinajstić information content (AvgIpc) is 1.82. The van der Waals surface area contributed by atoms with Gasteiger partial charge in [-0.2, -0.15) is 0 Å². The third kappa shape index (κ3) is 7.31. The van der Waals surface area contributed by atoms with E-state index in [0.717, 1.165) is 0 Å². The molecule has 0 fully saturated rings. The topological polar surface area (TPSA) is 101 Å². The van der Waals surface area contributed by atoms with E-state index in [1.807, 2.05) is 0 Å². The van der Waals surface area contributed by atoms with Gasteiger partial charge in [0.1, 0.15) is 6.04 Å². The summed E-state index contributed by atoms with van der Waals surface area (Å²) in [5.74, 6) is -2.20. The third-order valence-corrected chi connectivity index (χ3v) is 0.986. The van der Waals surface area contributed by atoms with Crippen LogP contribution in [0.3, 0.4) is 0 Å². The van der Waals surface area contributed by atoms with Crippen molar-refractivity contribution in [3.05, 3.63) is 0 Å². The molecule has 66 valence electrons. The summed E-state index contributed by atoms with van der Waals surface area (Å²) < 4.78 is 0. The van der Waals surface area contributed by atoms with Crippen LogP contribution in [0, 0.1) is 0 Å². The molecule has 0 aliphatic carbocycles. The minimum absolute atomic E-state index is 0. The van der Waals surface area contributed by atoms with Gasteiger partial charge in [-0.3, -0.25) is 9.59 Å². The van der Waals surface area contributed by atoms with Crippen LogP contribution in [0.5, 0.6) is 0 Å². The van der Waals surface area contributed by atoms with Gasteiger partial charge in [-0.25, -0.2) is 0 Å². The fourth-order valence-electron chi connectivity index (χ4n) is 0.402. The molecule has 0 aliphatic rings. The van der Waals surface area contributed by atoms with E-state index < -0.39 is 18.0 Å². The van der Waals surface area contributed by atoms with Gasteiger partial charge in [-0.1, -0.05) is 0 Å². The Hall–Kier alpha value is -0.581. The molecule has 0 unspecified atom stereocenters. The van der Waals surface area contributed by atoms with Gasteiger partial charge in [0.05, 0.1) is 0 Å². The van der Waals surface area contributed by atoms with E-state index in [2.05, 4.69) is 0 Å². The van der Waals surface area contributed by atoms with Crippen LogP contribution in [-0.2, 0) is 26.7 Å². The fraction of sp³-hybridized carbons (Fsp3) is 0.600.